The lowest BCUT2D eigenvalue weighted by atomic mass is 9.68. The molecule has 10 nitrogen and oxygen atoms in total. The number of hydrogen-bond acceptors (Lipinski definition) is 7. The molecule has 37 heavy (non-hydrogen) atoms. The molecule has 1 spiro atoms. The number of amides is 1. The van der Waals surface area contributed by atoms with Gasteiger partial charge in [0.2, 0.25) is 11.8 Å². The highest BCUT2D eigenvalue weighted by molar-refractivity contribution is 7.83. The van der Waals surface area contributed by atoms with Gasteiger partial charge in [0.05, 0.1) is 11.1 Å². The van der Waals surface area contributed by atoms with E-state index in [9.17, 15) is 18.6 Å². The number of benzene rings is 2. The van der Waals surface area contributed by atoms with Crippen molar-refractivity contribution in [3.05, 3.63) is 105 Å². The van der Waals surface area contributed by atoms with Gasteiger partial charge in [-0.3, -0.25) is 23.8 Å². The summed E-state index contributed by atoms with van der Waals surface area (Å²) < 4.78 is 15.2. The molecule has 2 aromatic carbocycles. The number of aromatic amines is 2. The van der Waals surface area contributed by atoms with E-state index in [1.165, 1.54) is 0 Å². The fraction of sp³-hybridized carbons (Fsp3) is 0.154. The van der Waals surface area contributed by atoms with Gasteiger partial charge >= 0.3 is 5.69 Å². The van der Waals surface area contributed by atoms with E-state index in [0.717, 1.165) is 5.56 Å². The van der Waals surface area contributed by atoms with Crippen molar-refractivity contribution in [1.29, 1.82) is 0 Å². The molecule has 0 unspecified atom stereocenters. The molecule has 3 N–H and O–H groups in total. The average Bonchev–Trinajstić information content (AvgIpc) is 3.38. The fourth-order valence-corrected chi connectivity index (χ4v) is 4.94. The molecule has 0 saturated carbocycles. The van der Waals surface area contributed by atoms with Crippen LogP contribution in [-0.2, 0) is 21.0 Å². The second kappa shape index (κ2) is 9.17. The Labute approximate surface area is 213 Å². The Morgan fingerprint density at radius 2 is 1.70 bits per heavy atom. The van der Waals surface area contributed by atoms with Crippen LogP contribution < -0.4 is 21.5 Å². The number of hydrogen-bond donors (Lipinski definition) is 3. The Bertz CT molecular complexity index is 1670. The third-order valence-electron chi connectivity index (χ3n) is 6.15. The van der Waals surface area contributed by atoms with Gasteiger partial charge in [0, 0.05) is 46.7 Å². The van der Waals surface area contributed by atoms with Crippen LogP contribution in [0, 0.1) is 0 Å². The zero-order chi connectivity index (χ0) is 26.3. The SMILES string of the molecule is C=CCN1C(=O)[C@@]2(c3ccccc31)c1c(-c3ccccc3)noc1Nc1[nH]c(=O)[nH]c(=O)c12.CS(C)=O. The summed E-state index contributed by atoms with van der Waals surface area (Å²) >= 11 is 0. The lowest BCUT2D eigenvalue weighted by Gasteiger charge is -2.33. The first kappa shape index (κ1) is 24.2. The van der Waals surface area contributed by atoms with Crippen LogP contribution in [0.2, 0.25) is 0 Å². The maximum atomic E-state index is 14.3. The number of rotatable bonds is 3. The molecule has 6 rings (SSSR count). The second-order valence-electron chi connectivity index (χ2n) is 8.60. The number of fused-ring (bicyclic) bond motifs is 6. The van der Waals surface area contributed by atoms with E-state index in [-0.39, 0.29) is 29.7 Å². The quantitative estimate of drug-likeness (QED) is 0.355. The molecule has 11 heteroatoms. The highest BCUT2D eigenvalue weighted by atomic mass is 32.2. The maximum Gasteiger partial charge on any atom is 0.327 e. The first-order valence-corrected chi connectivity index (χ1v) is 13.2. The number of carbonyl (C=O) groups is 1. The highest BCUT2D eigenvalue weighted by Crippen LogP contribution is 2.57. The number of H-pyrrole nitrogens is 2. The summed E-state index contributed by atoms with van der Waals surface area (Å²) in [6.07, 6.45) is 4.90. The van der Waals surface area contributed by atoms with E-state index in [4.69, 9.17) is 4.52 Å². The Hall–Kier alpha value is -4.51. The summed E-state index contributed by atoms with van der Waals surface area (Å²) in [5.74, 6) is -0.0765. The minimum atomic E-state index is -1.58. The van der Waals surface area contributed by atoms with Crippen LogP contribution in [0.25, 0.3) is 11.3 Å². The van der Waals surface area contributed by atoms with Gasteiger partial charge in [0.15, 0.2) is 0 Å². The first-order valence-electron chi connectivity index (χ1n) is 11.3. The van der Waals surface area contributed by atoms with Crippen LogP contribution in [0.5, 0.6) is 0 Å². The lowest BCUT2D eigenvalue weighted by molar-refractivity contribution is -0.120. The molecule has 0 radical (unpaired) electrons. The standard InChI is InChI=1S/C24H17N5O4.C2H6OS/c1-2-12-29-15-11-7-6-10-14(15)24(22(29)31)16-18(13-8-4-3-5-9-13)28-33-21(16)25-19-17(24)20(30)27-23(32)26-19;1-4(2)3/h2-11H,1,12H2,(H3,25,26,27,30,32);1-2H3/t24-;/m0./s1. The van der Waals surface area contributed by atoms with E-state index in [0.29, 0.717) is 22.5 Å². The number of nitrogens with zero attached hydrogens (tertiary/aromatic N) is 2. The third kappa shape index (κ3) is 3.66. The zero-order valence-corrected chi connectivity index (χ0v) is 20.8. The maximum absolute atomic E-state index is 14.3. The van der Waals surface area contributed by atoms with Gasteiger partial charge < -0.3 is 14.7 Å². The van der Waals surface area contributed by atoms with E-state index in [1.807, 2.05) is 54.6 Å². The number of para-hydroxylation sites is 1. The first-order chi connectivity index (χ1) is 17.8. The van der Waals surface area contributed by atoms with Crippen molar-refractivity contribution in [2.45, 2.75) is 5.41 Å². The molecule has 2 aliphatic heterocycles. The van der Waals surface area contributed by atoms with Crippen LogP contribution in [0.1, 0.15) is 16.7 Å². The summed E-state index contributed by atoms with van der Waals surface area (Å²) in [4.78, 5) is 46.2. The van der Waals surface area contributed by atoms with Crippen molar-refractivity contribution < 1.29 is 13.5 Å². The summed E-state index contributed by atoms with van der Waals surface area (Å²) in [5, 5.41) is 7.23. The highest BCUT2D eigenvalue weighted by Gasteiger charge is 2.61. The molecule has 0 fully saturated rings. The average molecular weight is 518 g/mol. The van der Waals surface area contributed by atoms with Crippen molar-refractivity contribution in [1.82, 2.24) is 15.1 Å². The molecule has 1 amide bonds. The Balaban J connectivity index is 0.000000655. The van der Waals surface area contributed by atoms with E-state index in [1.54, 1.807) is 23.5 Å². The van der Waals surface area contributed by atoms with Crippen molar-refractivity contribution in [2.75, 3.05) is 29.3 Å². The van der Waals surface area contributed by atoms with Gasteiger partial charge in [-0.05, 0) is 6.07 Å². The van der Waals surface area contributed by atoms with Crippen LogP contribution in [0.15, 0.2) is 81.4 Å². The molecule has 2 aliphatic rings. The molecule has 4 heterocycles. The number of aromatic nitrogens is 3. The van der Waals surface area contributed by atoms with Crippen LogP contribution in [0.4, 0.5) is 17.4 Å². The summed E-state index contributed by atoms with van der Waals surface area (Å²) in [6, 6.07) is 16.5. The van der Waals surface area contributed by atoms with Crippen molar-refractivity contribution in [2.24, 2.45) is 0 Å². The zero-order valence-electron chi connectivity index (χ0n) is 20.0. The molecular weight excluding hydrogens is 494 g/mol. The smallest absolute Gasteiger partial charge is 0.327 e. The third-order valence-corrected chi connectivity index (χ3v) is 6.15. The van der Waals surface area contributed by atoms with Crippen molar-refractivity contribution in [3.8, 4) is 11.3 Å². The Morgan fingerprint density at radius 3 is 2.41 bits per heavy atom. The van der Waals surface area contributed by atoms with Crippen molar-refractivity contribution in [3.63, 3.8) is 0 Å². The Morgan fingerprint density at radius 1 is 1.03 bits per heavy atom. The largest absolute Gasteiger partial charge is 0.337 e. The van der Waals surface area contributed by atoms with Gasteiger partial charge in [-0.15, -0.1) is 6.58 Å². The molecule has 0 bridgehead atoms. The predicted octanol–water partition coefficient (Wildman–Crippen LogP) is 2.64. The Kier molecular flexibility index (Phi) is 6.00. The molecule has 0 saturated heterocycles. The monoisotopic (exact) mass is 517 g/mol. The number of carbonyl (C=O) groups excluding carboxylic acids is 1. The lowest BCUT2D eigenvalue weighted by Crippen LogP contribution is -2.49. The minimum absolute atomic E-state index is 0.0824. The number of anilines is 3. The summed E-state index contributed by atoms with van der Waals surface area (Å²) in [7, 11) is -0.611. The summed E-state index contributed by atoms with van der Waals surface area (Å²) in [5.41, 5.74) is -0.0608. The van der Waals surface area contributed by atoms with Crippen LogP contribution >= 0.6 is 0 Å². The van der Waals surface area contributed by atoms with Gasteiger partial charge in [-0.1, -0.05) is 59.8 Å². The van der Waals surface area contributed by atoms with E-state index >= 15 is 0 Å². The van der Waals surface area contributed by atoms with E-state index < -0.39 is 27.5 Å². The van der Waals surface area contributed by atoms with Crippen LogP contribution in [0.3, 0.4) is 0 Å². The second-order valence-corrected chi connectivity index (χ2v) is 10.1. The fourth-order valence-electron chi connectivity index (χ4n) is 4.94. The van der Waals surface area contributed by atoms with E-state index in [2.05, 4.69) is 27.0 Å². The molecule has 4 aromatic rings. The number of nitrogens with one attached hydrogen (secondary N) is 3. The minimum Gasteiger partial charge on any atom is -0.337 e. The van der Waals surface area contributed by atoms with Crippen LogP contribution in [-0.4, -0.2) is 44.3 Å². The molecule has 1 atom stereocenters. The molecule has 0 aliphatic carbocycles. The molecular formula is C26H23N5O5S. The van der Waals surface area contributed by atoms with Gasteiger partial charge in [0.25, 0.3) is 5.56 Å². The van der Waals surface area contributed by atoms with Gasteiger partial charge in [-0.2, -0.15) is 0 Å². The summed E-state index contributed by atoms with van der Waals surface area (Å²) in [6.45, 7) is 4.02. The predicted molar refractivity (Wildman–Crippen MR) is 142 cm³/mol. The van der Waals surface area contributed by atoms with Crippen molar-refractivity contribution >= 4 is 34.1 Å². The topological polar surface area (TPSA) is 141 Å². The molecule has 188 valence electrons. The van der Waals surface area contributed by atoms with Gasteiger partial charge in [0.1, 0.15) is 16.9 Å². The van der Waals surface area contributed by atoms with Gasteiger partial charge in [-0.25, -0.2) is 4.79 Å². The normalized spacial score (nSPS) is 16.9. The molecule has 2 aromatic heterocycles.